The van der Waals surface area contributed by atoms with Crippen LogP contribution in [0, 0.1) is 0 Å². The van der Waals surface area contributed by atoms with E-state index in [0.717, 1.165) is 5.56 Å². The molecule has 0 saturated carbocycles. The fraction of sp³-hybridized carbons (Fsp3) is 0.222. The van der Waals surface area contributed by atoms with Gasteiger partial charge in [0.2, 0.25) is 5.91 Å². The summed E-state index contributed by atoms with van der Waals surface area (Å²) in [6, 6.07) is 9.64. The molecule has 3 heteroatoms. The highest BCUT2D eigenvalue weighted by Gasteiger charge is 1.92. The highest BCUT2D eigenvalue weighted by molar-refractivity contribution is 5.71. The normalized spacial score (nSPS) is 9.42. The van der Waals surface area contributed by atoms with Crippen LogP contribution in [0.15, 0.2) is 30.3 Å². The first-order chi connectivity index (χ1) is 5.79. The van der Waals surface area contributed by atoms with Gasteiger partial charge in [-0.05, 0) is 5.56 Å². The quantitative estimate of drug-likeness (QED) is 0.684. The van der Waals surface area contributed by atoms with Gasteiger partial charge in [0, 0.05) is 6.92 Å². The zero-order valence-corrected chi connectivity index (χ0v) is 6.91. The smallest absolute Gasteiger partial charge is 0.240 e. The van der Waals surface area contributed by atoms with Crippen LogP contribution in [0.3, 0.4) is 0 Å². The molecule has 1 aromatic carbocycles. The second kappa shape index (κ2) is 4.51. The van der Waals surface area contributed by atoms with E-state index in [1.807, 2.05) is 30.3 Å². The number of rotatable bonds is 3. The van der Waals surface area contributed by atoms with E-state index in [0.29, 0.717) is 6.61 Å². The second-order valence-corrected chi connectivity index (χ2v) is 2.43. The van der Waals surface area contributed by atoms with Gasteiger partial charge in [0.05, 0.1) is 6.61 Å². The third-order valence-electron chi connectivity index (χ3n) is 1.30. The molecule has 0 radical (unpaired) electrons. The highest BCUT2D eigenvalue weighted by Crippen LogP contribution is 1.98. The van der Waals surface area contributed by atoms with E-state index in [1.54, 1.807) is 0 Å². The monoisotopic (exact) mass is 165 g/mol. The van der Waals surface area contributed by atoms with E-state index >= 15 is 0 Å². The van der Waals surface area contributed by atoms with Gasteiger partial charge >= 0.3 is 0 Å². The van der Waals surface area contributed by atoms with E-state index in [2.05, 4.69) is 5.48 Å². The molecule has 3 nitrogen and oxygen atoms in total. The van der Waals surface area contributed by atoms with Gasteiger partial charge < -0.3 is 0 Å². The first-order valence-electron chi connectivity index (χ1n) is 3.71. The lowest BCUT2D eigenvalue weighted by Crippen LogP contribution is -2.19. The number of hydroxylamine groups is 1. The number of nitrogens with one attached hydrogen (secondary N) is 1. The molecule has 0 aliphatic carbocycles. The molecular weight excluding hydrogens is 154 g/mol. The molecule has 64 valence electrons. The van der Waals surface area contributed by atoms with Crippen molar-refractivity contribution in [2.24, 2.45) is 0 Å². The lowest BCUT2D eigenvalue weighted by atomic mass is 10.2. The Morgan fingerprint density at radius 3 is 2.67 bits per heavy atom. The summed E-state index contributed by atoms with van der Waals surface area (Å²) in [5.74, 6) is -0.189. The first-order valence-corrected chi connectivity index (χ1v) is 3.71. The van der Waals surface area contributed by atoms with Crippen molar-refractivity contribution < 1.29 is 9.63 Å². The van der Waals surface area contributed by atoms with Crippen LogP contribution in [0.4, 0.5) is 0 Å². The maximum atomic E-state index is 10.4. The van der Waals surface area contributed by atoms with Gasteiger partial charge in [-0.25, -0.2) is 5.48 Å². The summed E-state index contributed by atoms with van der Waals surface area (Å²) in [7, 11) is 0. The van der Waals surface area contributed by atoms with E-state index in [4.69, 9.17) is 4.84 Å². The van der Waals surface area contributed by atoms with E-state index in [1.165, 1.54) is 6.92 Å². The van der Waals surface area contributed by atoms with Crippen LogP contribution in [0.25, 0.3) is 0 Å². The molecule has 0 atom stereocenters. The van der Waals surface area contributed by atoms with Gasteiger partial charge in [-0.2, -0.15) is 0 Å². The Kier molecular flexibility index (Phi) is 3.29. The van der Waals surface area contributed by atoms with E-state index < -0.39 is 0 Å². The Bertz CT molecular complexity index is 246. The molecule has 0 aliphatic rings. The maximum Gasteiger partial charge on any atom is 0.240 e. The number of hydrogen-bond donors (Lipinski definition) is 1. The summed E-state index contributed by atoms with van der Waals surface area (Å²) >= 11 is 0. The SMILES string of the molecule is CC(=O)NOCc1ccccc1. The predicted octanol–water partition coefficient (Wildman–Crippen LogP) is 1.25. The maximum absolute atomic E-state index is 10.4. The van der Waals surface area contributed by atoms with Gasteiger partial charge in [0.1, 0.15) is 0 Å². The Morgan fingerprint density at radius 2 is 2.08 bits per heavy atom. The van der Waals surface area contributed by atoms with Crippen molar-refractivity contribution in [2.45, 2.75) is 13.5 Å². The van der Waals surface area contributed by atoms with Crippen LogP contribution < -0.4 is 5.48 Å². The largest absolute Gasteiger partial charge is 0.273 e. The molecular formula is C9H11NO2. The number of benzene rings is 1. The van der Waals surface area contributed by atoms with Crippen molar-refractivity contribution in [1.29, 1.82) is 0 Å². The fourth-order valence-corrected chi connectivity index (χ4v) is 0.795. The number of carbonyl (C=O) groups is 1. The van der Waals surface area contributed by atoms with Crippen LogP contribution in [0.1, 0.15) is 12.5 Å². The molecule has 1 N–H and O–H groups in total. The topological polar surface area (TPSA) is 38.3 Å². The van der Waals surface area contributed by atoms with Crippen LogP contribution in [0.5, 0.6) is 0 Å². The standard InChI is InChI=1S/C9H11NO2/c1-8(11)10-12-7-9-5-3-2-4-6-9/h2-6H,7H2,1H3,(H,10,11). The molecule has 0 aliphatic heterocycles. The minimum Gasteiger partial charge on any atom is -0.273 e. The molecule has 0 unspecified atom stereocenters. The Balaban J connectivity index is 2.29. The summed E-state index contributed by atoms with van der Waals surface area (Å²) < 4.78 is 0. The van der Waals surface area contributed by atoms with Crippen molar-refractivity contribution in [2.75, 3.05) is 0 Å². The molecule has 0 aromatic heterocycles. The minimum absolute atomic E-state index is 0.189. The molecule has 0 saturated heterocycles. The zero-order valence-electron chi connectivity index (χ0n) is 6.91. The van der Waals surface area contributed by atoms with Gasteiger partial charge in [-0.15, -0.1) is 0 Å². The third kappa shape index (κ3) is 3.16. The molecule has 1 aromatic rings. The average molecular weight is 165 g/mol. The highest BCUT2D eigenvalue weighted by atomic mass is 16.6. The summed E-state index contributed by atoms with van der Waals surface area (Å²) in [5.41, 5.74) is 3.29. The van der Waals surface area contributed by atoms with Crippen LogP contribution in [-0.4, -0.2) is 5.91 Å². The number of hydrogen-bond acceptors (Lipinski definition) is 2. The summed E-state index contributed by atoms with van der Waals surface area (Å²) in [6.07, 6.45) is 0. The van der Waals surface area contributed by atoms with Crippen LogP contribution >= 0.6 is 0 Å². The Labute approximate surface area is 71.3 Å². The Morgan fingerprint density at radius 1 is 1.42 bits per heavy atom. The minimum atomic E-state index is -0.189. The molecule has 1 amide bonds. The van der Waals surface area contributed by atoms with Crippen molar-refractivity contribution >= 4 is 5.91 Å². The van der Waals surface area contributed by atoms with Crippen LogP contribution in [0.2, 0.25) is 0 Å². The van der Waals surface area contributed by atoms with Gasteiger partial charge in [0.25, 0.3) is 0 Å². The summed E-state index contributed by atoms with van der Waals surface area (Å²) in [6.45, 7) is 1.81. The third-order valence-corrected chi connectivity index (χ3v) is 1.30. The second-order valence-electron chi connectivity index (χ2n) is 2.43. The van der Waals surface area contributed by atoms with Crippen molar-refractivity contribution in [3.8, 4) is 0 Å². The number of carbonyl (C=O) groups excluding carboxylic acids is 1. The fourth-order valence-electron chi connectivity index (χ4n) is 0.795. The molecule has 0 heterocycles. The lowest BCUT2D eigenvalue weighted by molar-refractivity contribution is -0.132. The van der Waals surface area contributed by atoms with Crippen molar-refractivity contribution in [3.05, 3.63) is 35.9 Å². The van der Waals surface area contributed by atoms with Gasteiger partial charge in [-0.1, -0.05) is 30.3 Å². The number of amides is 1. The molecule has 0 spiro atoms. The summed E-state index contributed by atoms with van der Waals surface area (Å²) in [4.78, 5) is 15.3. The zero-order chi connectivity index (χ0) is 8.81. The molecule has 0 fully saturated rings. The molecule has 1 rings (SSSR count). The summed E-state index contributed by atoms with van der Waals surface area (Å²) in [5, 5.41) is 0. The van der Waals surface area contributed by atoms with Gasteiger partial charge in [0.15, 0.2) is 0 Å². The predicted molar refractivity (Wildman–Crippen MR) is 45.0 cm³/mol. The van der Waals surface area contributed by atoms with Crippen molar-refractivity contribution in [3.63, 3.8) is 0 Å². The Hall–Kier alpha value is -1.35. The van der Waals surface area contributed by atoms with Gasteiger partial charge in [-0.3, -0.25) is 9.63 Å². The molecule has 12 heavy (non-hydrogen) atoms. The lowest BCUT2D eigenvalue weighted by Gasteiger charge is -2.02. The first kappa shape index (κ1) is 8.74. The van der Waals surface area contributed by atoms with Crippen molar-refractivity contribution in [1.82, 2.24) is 5.48 Å². The van der Waals surface area contributed by atoms with E-state index in [9.17, 15) is 4.79 Å². The molecule has 0 bridgehead atoms. The average Bonchev–Trinajstić information content (AvgIpc) is 2.05. The van der Waals surface area contributed by atoms with E-state index in [-0.39, 0.29) is 5.91 Å². The van der Waals surface area contributed by atoms with Crippen LogP contribution in [-0.2, 0) is 16.2 Å².